The van der Waals surface area contributed by atoms with Crippen LogP contribution in [0.1, 0.15) is 32.1 Å². The lowest BCUT2D eigenvalue weighted by atomic mass is 9.95. The second kappa shape index (κ2) is 5.09. The molecule has 0 saturated carbocycles. The number of nitrogens with one attached hydrogen (secondary N) is 1. The Morgan fingerprint density at radius 1 is 1.58 bits per heavy atom. The van der Waals surface area contributed by atoms with Gasteiger partial charge in [-0.3, -0.25) is 4.79 Å². The van der Waals surface area contributed by atoms with E-state index in [4.69, 9.17) is 0 Å². The number of hydrogen-bond acceptors (Lipinski definition) is 2. The van der Waals surface area contributed by atoms with Crippen LogP contribution in [-0.4, -0.2) is 19.4 Å². The van der Waals surface area contributed by atoms with E-state index >= 15 is 0 Å². The van der Waals surface area contributed by atoms with Gasteiger partial charge in [0, 0.05) is 13.0 Å². The maximum absolute atomic E-state index is 11.4. The lowest BCUT2D eigenvalue weighted by molar-refractivity contribution is -0.115. The normalized spacial score (nSPS) is 17.2. The second-order valence-electron chi connectivity index (χ2n) is 3.25. The molecular weight excluding hydrogens is 150 g/mol. The van der Waals surface area contributed by atoms with Crippen LogP contribution in [0, 0.1) is 0 Å². The Balaban J connectivity index is 2.35. The van der Waals surface area contributed by atoms with Gasteiger partial charge in [0.05, 0.1) is 0 Å². The van der Waals surface area contributed by atoms with Crippen molar-refractivity contribution in [2.75, 3.05) is 13.6 Å². The minimum atomic E-state index is 0.337. The summed E-state index contributed by atoms with van der Waals surface area (Å²) in [5.41, 5.74) is 1.07. The monoisotopic (exact) mass is 167 g/mol. The maximum Gasteiger partial charge on any atom is 0.159 e. The third kappa shape index (κ3) is 2.78. The summed E-state index contributed by atoms with van der Waals surface area (Å²) in [4.78, 5) is 11.4. The number of rotatable bonds is 4. The molecule has 0 unspecified atom stereocenters. The molecule has 0 amide bonds. The standard InChI is InChI=1S/C10H17NO/c1-11-8-7-10(12)9-5-3-2-4-6-9/h5,11H,2-4,6-8H2,1H3. The molecular formula is C10H17NO. The molecule has 0 radical (unpaired) electrons. The second-order valence-corrected chi connectivity index (χ2v) is 3.25. The minimum Gasteiger partial charge on any atom is -0.319 e. The van der Waals surface area contributed by atoms with Crippen LogP contribution in [0.3, 0.4) is 0 Å². The van der Waals surface area contributed by atoms with Crippen LogP contribution in [0.5, 0.6) is 0 Å². The third-order valence-electron chi connectivity index (χ3n) is 2.25. The number of allylic oxidation sites excluding steroid dienone is 2. The highest BCUT2D eigenvalue weighted by atomic mass is 16.1. The molecule has 2 heteroatoms. The van der Waals surface area contributed by atoms with Crippen molar-refractivity contribution in [1.82, 2.24) is 5.32 Å². The number of ketones is 1. The fraction of sp³-hybridized carbons (Fsp3) is 0.700. The van der Waals surface area contributed by atoms with Gasteiger partial charge in [-0.15, -0.1) is 0 Å². The van der Waals surface area contributed by atoms with Crippen molar-refractivity contribution in [3.63, 3.8) is 0 Å². The van der Waals surface area contributed by atoms with E-state index in [2.05, 4.69) is 11.4 Å². The number of Topliss-reactive ketones (excluding diaryl/α,β-unsaturated/α-hetero) is 1. The third-order valence-corrected chi connectivity index (χ3v) is 2.25. The molecule has 12 heavy (non-hydrogen) atoms. The summed E-state index contributed by atoms with van der Waals surface area (Å²) in [6.07, 6.45) is 7.31. The van der Waals surface area contributed by atoms with Gasteiger partial charge in [-0.2, -0.15) is 0 Å². The van der Waals surface area contributed by atoms with Gasteiger partial charge in [-0.25, -0.2) is 0 Å². The van der Waals surface area contributed by atoms with Gasteiger partial charge in [-0.1, -0.05) is 6.08 Å². The van der Waals surface area contributed by atoms with Gasteiger partial charge in [0.15, 0.2) is 5.78 Å². The first-order valence-corrected chi connectivity index (χ1v) is 4.71. The Hall–Kier alpha value is -0.630. The Bertz CT molecular complexity index is 184. The number of carbonyl (C=O) groups excluding carboxylic acids is 1. The summed E-state index contributed by atoms with van der Waals surface area (Å²) >= 11 is 0. The molecule has 1 aliphatic carbocycles. The summed E-state index contributed by atoms with van der Waals surface area (Å²) in [5.74, 6) is 0.337. The lowest BCUT2D eigenvalue weighted by Gasteiger charge is -2.10. The molecule has 0 bridgehead atoms. The summed E-state index contributed by atoms with van der Waals surface area (Å²) in [7, 11) is 1.88. The van der Waals surface area contributed by atoms with Gasteiger partial charge in [0.25, 0.3) is 0 Å². The van der Waals surface area contributed by atoms with E-state index in [9.17, 15) is 4.79 Å². The average Bonchev–Trinajstić information content (AvgIpc) is 2.15. The van der Waals surface area contributed by atoms with Gasteiger partial charge in [0.2, 0.25) is 0 Å². The highest BCUT2D eigenvalue weighted by Gasteiger charge is 2.10. The van der Waals surface area contributed by atoms with E-state index in [1.807, 2.05) is 7.05 Å². The Morgan fingerprint density at radius 2 is 2.42 bits per heavy atom. The summed E-state index contributed by atoms with van der Waals surface area (Å²) in [5, 5.41) is 2.99. The first-order chi connectivity index (χ1) is 5.84. The van der Waals surface area contributed by atoms with Gasteiger partial charge in [0.1, 0.15) is 0 Å². The average molecular weight is 167 g/mol. The quantitative estimate of drug-likeness (QED) is 0.690. The van der Waals surface area contributed by atoms with E-state index in [0.29, 0.717) is 12.2 Å². The zero-order valence-corrected chi connectivity index (χ0v) is 7.73. The topological polar surface area (TPSA) is 29.1 Å². The zero-order chi connectivity index (χ0) is 8.81. The molecule has 0 saturated heterocycles. The van der Waals surface area contributed by atoms with Crippen LogP contribution >= 0.6 is 0 Å². The Morgan fingerprint density at radius 3 is 3.00 bits per heavy atom. The van der Waals surface area contributed by atoms with Crippen molar-refractivity contribution in [3.05, 3.63) is 11.6 Å². The predicted octanol–water partition coefficient (Wildman–Crippen LogP) is 1.67. The molecule has 2 nitrogen and oxygen atoms in total. The highest BCUT2D eigenvalue weighted by Crippen LogP contribution is 2.18. The smallest absolute Gasteiger partial charge is 0.159 e. The maximum atomic E-state index is 11.4. The molecule has 0 spiro atoms. The van der Waals surface area contributed by atoms with Crippen LogP contribution in [0.4, 0.5) is 0 Å². The summed E-state index contributed by atoms with van der Waals surface area (Å²) < 4.78 is 0. The van der Waals surface area contributed by atoms with Crippen LogP contribution < -0.4 is 5.32 Å². The summed E-state index contributed by atoms with van der Waals surface area (Å²) in [6, 6.07) is 0. The van der Waals surface area contributed by atoms with E-state index in [1.165, 1.54) is 12.8 Å². The molecule has 0 aromatic carbocycles. The van der Waals surface area contributed by atoms with Gasteiger partial charge in [-0.05, 0) is 38.3 Å². The van der Waals surface area contributed by atoms with Crippen LogP contribution in [-0.2, 0) is 4.79 Å². The summed E-state index contributed by atoms with van der Waals surface area (Å²) in [6.45, 7) is 0.802. The van der Waals surface area contributed by atoms with Crippen molar-refractivity contribution < 1.29 is 4.79 Å². The SMILES string of the molecule is CNCCC(=O)C1=CCCCC1. The van der Waals surface area contributed by atoms with Gasteiger partial charge >= 0.3 is 0 Å². The molecule has 1 N–H and O–H groups in total. The van der Waals surface area contributed by atoms with Crippen LogP contribution in [0.25, 0.3) is 0 Å². The molecule has 0 aromatic heterocycles. The van der Waals surface area contributed by atoms with Crippen molar-refractivity contribution in [2.24, 2.45) is 0 Å². The van der Waals surface area contributed by atoms with Crippen LogP contribution in [0.2, 0.25) is 0 Å². The molecule has 1 rings (SSSR count). The fourth-order valence-electron chi connectivity index (χ4n) is 1.49. The van der Waals surface area contributed by atoms with E-state index in [-0.39, 0.29) is 0 Å². The fourth-order valence-corrected chi connectivity index (χ4v) is 1.49. The molecule has 0 aliphatic heterocycles. The zero-order valence-electron chi connectivity index (χ0n) is 7.73. The van der Waals surface area contributed by atoms with E-state index in [1.54, 1.807) is 0 Å². The van der Waals surface area contributed by atoms with Crippen molar-refractivity contribution in [1.29, 1.82) is 0 Å². The van der Waals surface area contributed by atoms with E-state index in [0.717, 1.165) is 25.0 Å². The Labute approximate surface area is 74.0 Å². The predicted molar refractivity (Wildman–Crippen MR) is 50.1 cm³/mol. The van der Waals surface area contributed by atoms with E-state index < -0.39 is 0 Å². The first-order valence-electron chi connectivity index (χ1n) is 4.71. The Kier molecular flexibility index (Phi) is 4.01. The molecule has 0 aromatic rings. The highest BCUT2D eigenvalue weighted by molar-refractivity contribution is 5.95. The first kappa shape index (κ1) is 9.46. The van der Waals surface area contributed by atoms with Crippen molar-refractivity contribution in [3.8, 4) is 0 Å². The number of carbonyl (C=O) groups is 1. The minimum absolute atomic E-state index is 0.337. The molecule has 0 atom stereocenters. The lowest BCUT2D eigenvalue weighted by Crippen LogP contribution is -2.15. The van der Waals surface area contributed by atoms with Crippen LogP contribution in [0.15, 0.2) is 11.6 Å². The molecule has 1 aliphatic rings. The van der Waals surface area contributed by atoms with Crippen molar-refractivity contribution in [2.45, 2.75) is 32.1 Å². The van der Waals surface area contributed by atoms with Crippen molar-refractivity contribution >= 4 is 5.78 Å². The molecule has 0 heterocycles. The largest absolute Gasteiger partial charge is 0.319 e. The number of hydrogen-bond donors (Lipinski definition) is 1. The molecule has 0 fully saturated rings. The van der Waals surface area contributed by atoms with Gasteiger partial charge < -0.3 is 5.32 Å². The molecule has 68 valence electrons.